The monoisotopic (exact) mass is 547 g/mol. The van der Waals surface area contributed by atoms with Gasteiger partial charge in [0.05, 0.1) is 29.0 Å². The van der Waals surface area contributed by atoms with E-state index < -0.39 is 29.6 Å². The molecule has 1 aromatic carbocycles. The van der Waals surface area contributed by atoms with Crippen LogP contribution in [-0.4, -0.2) is 51.7 Å². The summed E-state index contributed by atoms with van der Waals surface area (Å²) in [6, 6.07) is 11.1. The van der Waals surface area contributed by atoms with Gasteiger partial charge in [-0.3, -0.25) is 15.1 Å². The van der Waals surface area contributed by atoms with Crippen LogP contribution in [0.4, 0.5) is 23.1 Å². The number of nitrogens with zero attached hydrogens (tertiary/aromatic N) is 3. The first kappa shape index (κ1) is 27.5. The lowest BCUT2D eigenvalue weighted by molar-refractivity contribution is -0.181. The smallest absolute Gasteiger partial charge is 0.372 e. The van der Waals surface area contributed by atoms with E-state index in [-0.39, 0.29) is 29.9 Å². The Morgan fingerprint density at radius 2 is 1.92 bits per heavy atom. The fraction of sp³-hybridized carbons (Fsp3) is 0.385. The number of benzene rings is 1. The van der Waals surface area contributed by atoms with Crippen LogP contribution >= 0.6 is 11.3 Å². The number of halogens is 3. The van der Waals surface area contributed by atoms with Crippen LogP contribution in [0.1, 0.15) is 37.2 Å². The van der Waals surface area contributed by atoms with Crippen LogP contribution in [0.2, 0.25) is 0 Å². The first-order valence-corrected chi connectivity index (χ1v) is 12.7. The zero-order valence-electron chi connectivity index (χ0n) is 21.1. The van der Waals surface area contributed by atoms with E-state index in [0.717, 1.165) is 30.7 Å². The molecule has 0 bridgehead atoms. The number of urea groups is 1. The molecule has 0 aliphatic carbocycles. The summed E-state index contributed by atoms with van der Waals surface area (Å²) in [5.41, 5.74) is 5.30. The van der Waals surface area contributed by atoms with Gasteiger partial charge in [-0.25, -0.2) is 9.78 Å². The maximum Gasteiger partial charge on any atom is 0.399 e. The number of pyridine rings is 1. The number of aryl methyl sites for hydroxylation is 1. The molecule has 2 atom stereocenters. The number of alkyl halides is 3. The lowest BCUT2D eigenvalue weighted by Gasteiger charge is -2.27. The number of thiazole rings is 1. The zero-order chi connectivity index (χ0) is 27.7. The van der Waals surface area contributed by atoms with E-state index >= 15 is 0 Å². The summed E-state index contributed by atoms with van der Waals surface area (Å²) in [5.74, 6) is -0.640. The minimum atomic E-state index is -4.48. The molecule has 0 radical (unpaired) electrons. The van der Waals surface area contributed by atoms with E-state index in [0.29, 0.717) is 22.7 Å². The van der Waals surface area contributed by atoms with Crippen molar-refractivity contribution >= 4 is 28.4 Å². The van der Waals surface area contributed by atoms with Gasteiger partial charge in [-0.1, -0.05) is 41.7 Å². The third-order valence-corrected chi connectivity index (χ3v) is 7.68. The number of anilines is 1. The Morgan fingerprint density at radius 1 is 1.21 bits per heavy atom. The van der Waals surface area contributed by atoms with E-state index in [4.69, 9.17) is 10.5 Å². The lowest BCUT2D eigenvalue weighted by atomic mass is 9.87. The van der Waals surface area contributed by atoms with Crippen molar-refractivity contribution in [1.29, 1.82) is 0 Å². The number of primary amides is 1. The number of ether oxygens (including phenoxy) is 1. The van der Waals surface area contributed by atoms with E-state index in [9.17, 15) is 22.8 Å². The van der Waals surface area contributed by atoms with Crippen LogP contribution in [-0.2, 0) is 21.6 Å². The molecular formula is C26H28F3N5O3S. The van der Waals surface area contributed by atoms with Crippen LogP contribution in [0.3, 0.4) is 0 Å². The average Bonchev–Trinajstić information content (AvgIpc) is 3.46. The molecule has 3 amide bonds. The summed E-state index contributed by atoms with van der Waals surface area (Å²) in [4.78, 5) is 35.4. The van der Waals surface area contributed by atoms with Crippen LogP contribution in [0.5, 0.6) is 0 Å². The molecule has 2 aromatic heterocycles. The summed E-state index contributed by atoms with van der Waals surface area (Å²) in [6.07, 6.45) is -3.26. The van der Waals surface area contributed by atoms with Gasteiger partial charge in [0.2, 0.25) is 5.91 Å². The molecule has 3 aromatic rings. The molecular weight excluding hydrogens is 519 g/mol. The van der Waals surface area contributed by atoms with Crippen molar-refractivity contribution in [3.63, 3.8) is 0 Å². The van der Waals surface area contributed by atoms with Crippen molar-refractivity contribution in [1.82, 2.24) is 14.9 Å². The summed E-state index contributed by atoms with van der Waals surface area (Å²) in [5, 5.41) is 2.94. The van der Waals surface area contributed by atoms with Gasteiger partial charge in [-0.15, -0.1) is 0 Å². The lowest BCUT2D eigenvalue weighted by Crippen LogP contribution is -2.45. The van der Waals surface area contributed by atoms with Crippen LogP contribution in [0.15, 0.2) is 48.7 Å². The van der Waals surface area contributed by atoms with Crippen LogP contribution < -0.4 is 11.1 Å². The molecule has 1 fully saturated rings. The summed E-state index contributed by atoms with van der Waals surface area (Å²) >= 11 is 1.12. The predicted molar refractivity (Wildman–Crippen MR) is 138 cm³/mol. The highest BCUT2D eigenvalue weighted by atomic mass is 32.1. The molecule has 4 rings (SSSR count). The Hall–Kier alpha value is -3.51. The second-order valence-corrected chi connectivity index (χ2v) is 10.6. The highest BCUT2D eigenvalue weighted by molar-refractivity contribution is 7.19. The Kier molecular flexibility index (Phi) is 7.75. The summed E-state index contributed by atoms with van der Waals surface area (Å²) in [6.45, 7) is 4.36. The molecule has 0 spiro atoms. The second kappa shape index (κ2) is 10.7. The van der Waals surface area contributed by atoms with Crippen molar-refractivity contribution < 1.29 is 27.5 Å². The Bertz CT molecular complexity index is 1310. The molecule has 3 N–H and O–H groups in total. The molecule has 3 heterocycles. The van der Waals surface area contributed by atoms with Crippen molar-refractivity contribution in [3.05, 3.63) is 65.6 Å². The van der Waals surface area contributed by atoms with Crippen molar-refractivity contribution in [2.24, 2.45) is 5.73 Å². The molecule has 1 aliphatic rings. The molecule has 38 heavy (non-hydrogen) atoms. The van der Waals surface area contributed by atoms with Crippen molar-refractivity contribution in [2.75, 3.05) is 11.9 Å². The maximum absolute atomic E-state index is 13.5. The van der Waals surface area contributed by atoms with Gasteiger partial charge < -0.3 is 15.4 Å². The molecule has 0 saturated carbocycles. The highest BCUT2D eigenvalue weighted by Crippen LogP contribution is 2.41. The van der Waals surface area contributed by atoms with Gasteiger partial charge in [-0.05, 0) is 44.0 Å². The SMILES string of the molecule is Cc1nc(NC(=O)N2C[C@H](OCc3ccccc3)C[C@H]2C(N)=O)sc1-c1ccnc(C(C)(C)C(F)(F)F)c1. The Labute approximate surface area is 222 Å². The molecule has 202 valence electrons. The van der Waals surface area contributed by atoms with Crippen molar-refractivity contribution in [2.45, 2.75) is 57.5 Å². The molecule has 8 nitrogen and oxygen atoms in total. The second-order valence-electron chi connectivity index (χ2n) is 9.64. The van der Waals surface area contributed by atoms with Gasteiger partial charge in [0.25, 0.3) is 0 Å². The number of hydrogen-bond acceptors (Lipinski definition) is 6. The van der Waals surface area contributed by atoms with Gasteiger partial charge in [-0.2, -0.15) is 13.2 Å². The summed E-state index contributed by atoms with van der Waals surface area (Å²) < 4.78 is 46.5. The van der Waals surface area contributed by atoms with E-state index in [1.807, 2.05) is 30.3 Å². The van der Waals surface area contributed by atoms with Gasteiger partial charge in [0.1, 0.15) is 11.5 Å². The number of rotatable bonds is 7. The Morgan fingerprint density at radius 3 is 2.58 bits per heavy atom. The first-order chi connectivity index (χ1) is 17.9. The van der Waals surface area contributed by atoms with E-state index in [1.165, 1.54) is 17.2 Å². The van der Waals surface area contributed by atoms with Gasteiger partial charge in [0, 0.05) is 19.2 Å². The maximum atomic E-state index is 13.5. The third-order valence-electron chi connectivity index (χ3n) is 6.56. The minimum absolute atomic E-state index is 0.121. The number of nitrogens with two attached hydrogens (primary N) is 1. The van der Waals surface area contributed by atoms with Gasteiger partial charge in [0.15, 0.2) is 5.13 Å². The predicted octanol–water partition coefficient (Wildman–Crippen LogP) is 5.03. The molecule has 12 heteroatoms. The summed E-state index contributed by atoms with van der Waals surface area (Å²) in [7, 11) is 0. The highest BCUT2D eigenvalue weighted by Gasteiger charge is 2.49. The molecule has 1 aliphatic heterocycles. The standard InChI is InChI=1S/C26H28F3N5O3S/c1-15-21(17-9-10-31-20(11-17)25(2,3)26(27,28)29)38-23(32-15)33-24(36)34-13-18(12-19(34)22(30)35)37-14-16-7-5-4-6-8-16/h4-11,18-19H,12-14H2,1-3H3,(H2,30,35)(H,32,33,36)/t18-,19+/m1/s1. The van der Waals surface area contributed by atoms with E-state index in [2.05, 4.69) is 15.3 Å². The first-order valence-electron chi connectivity index (χ1n) is 11.9. The fourth-order valence-corrected chi connectivity index (χ4v) is 5.09. The number of nitrogens with one attached hydrogen (secondary N) is 1. The Balaban J connectivity index is 1.47. The number of carbonyl (C=O) groups is 2. The van der Waals surface area contributed by atoms with Crippen LogP contribution in [0.25, 0.3) is 10.4 Å². The van der Waals surface area contributed by atoms with Crippen LogP contribution in [0, 0.1) is 6.92 Å². The quantitative estimate of drug-likeness (QED) is 0.431. The topological polar surface area (TPSA) is 110 Å². The molecule has 0 unspecified atom stereocenters. The van der Waals surface area contributed by atoms with Crippen molar-refractivity contribution in [3.8, 4) is 10.4 Å². The fourth-order valence-electron chi connectivity index (χ4n) is 4.14. The third kappa shape index (κ3) is 5.81. The number of carbonyl (C=O) groups excluding carboxylic acids is 2. The number of amides is 3. The minimum Gasteiger partial charge on any atom is -0.372 e. The largest absolute Gasteiger partial charge is 0.399 e. The number of hydrogen-bond donors (Lipinski definition) is 2. The molecule has 1 saturated heterocycles. The normalized spacial score (nSPS) is 18.0. The number of likely N-dealkylation sites (tertiary alicyclic amines) is 1. The zero-order valence-corrected chi connectivity index (χ0v) is 21.9. The van der Waals surface area contributed by atoms with Gasteiger partial charge >= 0.3 is 12.2 Å². The van der Waals surface area contributed by atoms with E-state index in [1.54, 1.807) is 13.0 Å². The average molecular weight is 548 g/mol. The number of aromatic nitrogens is 2.